The van der Waals surface area contributed by atoms with Gasteiger partial charge in [-0.25, -0.2) is 0 Å². The predicted molar refractivity (Wildman–Crippen MR) is 73.7 cm³/mol. The van der Waals surface area contributed by atoms with Gasteiger partial charge in [0.1, 0.15) is 0 Å². The summed E-state index contributed by atoms with van der Waals surface area (Å²) in [5, 5.41) is 0. The second-order valence-corrected chi connectivity index (χ2v) is 4.34. The topological polar surface area (TPSA) is 55.6 Å². The first-order valence-corrected chi connectivity index (χ1v) is 6.47. The van der Waals surface area contributed by atoms with E-state index in [1.807, 2.05) is 29.2 Å². The van der Waals surface area contributed by atoms with Crippen LogP contribution in [0.2, 0.25) is 0 Å². The fourth-order valence-corrected chi connectivity index (χ4v) is 1.98. The molecule has 0 aromatic heterocycles. The number of carbonyl (C=O) groups is 1. The second-order valence-electron chi connectivity index (χ2n) is 4.34. The smallest absolute Gasteiger partial charge is 0.253 e. The molecule has 1 aromatic rings. The molecule has 1 aromatic carbocycles. The Bertz CT molecular complexity index is 477. The van der Waals surface area contributed by atoms with E-state index >= 15 is 0 Å². The molecule has 19 heavy (non-hydrogen) atoms. The largest absolute Gasteiger partial charge is 0.380 e. The zero-order valence-corrected chi connectivity index (χ0v) is 10.9. The van der Waals surface area contributed by atoms with Crippen LogP contribution in [0.5, 0.6) is 0 Å². The molecular weight excluding hydrogens is 240 g/mol. The number of hydrogen-bond acceptors (Lipinski definition) is 3. The molecular formula is C15H18N2O2. The first-order valence-electron chi connectivity index (χ1n) is 6.47. The molecule has 0 unspecified atom stereocenters. The highest BCUT2D eigenvalue weighted by Crippen LogP contribution is 2.09. The predicted octanol–water partition coefficient (Wildman–Crippen LogP) is 0.859. The molecule has 0 bridgehead atoms. The van der Waals surface area contributed by atoms with Crippen molar-refractivity contribution in [2.45, 2.75) is 6.42 Å². The van der Waals surface area contributed by atoms with Crippen LogP contribution in [-0.2, 0) is 4.74 Å². The Morgan fingerprint density at radius 3 is 2.79 bits per heavy atom. The van der Waals surface area contributed by atoms with Crippen molar-refractivity contribution in [3.8, 4) is 11.8 Å². The molecule has 0 aliphatic carbocycles. The maximum absolute atomic E-state index is 12.3. The molecule has 1 amide bonds. The fraction of sp³-hybridized carbons (Fsp3) is 0.400. The van der Waals surface area contributed by atoms with Gasteiger partial charge in [0.2, 0.25) is 0 Å². The van der Waals surface area contributed by atoms with Crippen LogP contribution in [0.3, 0.4) is 0 Å². The van der Waals surface area contributed by atoms with E-state index in [1.165, 1.54) is 0 Å². The van der Waals surface area contributed by atoms with Gasteiger partial charge in [0, 0.05) is 30.8 Å². The van der Waals surface area contributed by atoms with E-state index in [0.717, 1.165) is 25.1 Å². The molecule has 0 spiro atoms. The van der Waals surface area contributed by atoms with Crippen molar-refractivity contribution in [3.63, 3.8) is 0 Å². The normalized spacial score (nSPS) is 15.3. The van der Waals surface area contributed by atoms with Crippen molar-refractivity contribution in [2.75, 3.05) is 32.8 Å². The van der Waals surface area contributed by atoms with Crippen molar-refractivity contribution < 1.29 is 9.53 Å². The van der Waals surface area contributed by atoms with Crippen LogP contribution in [0.4, 0.5) is 0 Å². The second kappa shape index (κ2) is 6.93. The van der Waals surface area contributed by atoms with E-state index in [1.54, 1.807) is 0 Å². The first-order chi connectivity index (χ1) is 9.31. The van der Waals surface area contributed by atoms with Gasteiger partial charge in [-0.3, -0.25) is 4.79 Å². The maximum atomic E-state index is 12.3. The van der Waals surface area contributed by atoms with Crippen molar-refractivity contribution in [2.24, 2.45) is 5.73 Å². The average molecular weight is 258 g/mol. The summed E-state index contributed by atoms with van der Waals surface area (Å²) in [7, 11) is 0. The highest BCUT2D eigenvalue weighted by atomic mass is 16.5. The molecule has 1 heterocycles. The maximum Gasteiger partial charge on any atom is 0.253 e. The minimum absolute atomic E-state index is 0.0591. The standard InChI is InChI=1S/C15H18N2O2/c16-8-1-3-13-4-6-14(7-5-13)15(18)17-9-2-11-19-12-10-17/h4-7H,2,8-12,16H2. The minimum Gasteiger partial charge on any atom is -0.380 e. The molecule has 0 saturated carbocycles. The van der Waals surface area contributed by atoms with Gasteiger partial charge in [-0.05, 0) is 30.7 Å². The van der Waals surface area contributed by atoms with E-state index in [0.29, 0.717) is 25.3 Å². The van der Waals surface area contributed by atoms with Gasteiger partial charge < -0.3 is 15.4 Å². The Morgan fingerprint density at radius 1 is 1.26 bits per heavy atom. The van der Waals surface area contributed by atoms with Crippen molar-refractivity contribution in [1.82, 2.24) is 4.90 Å². The summed E-state index contributed by atoms with van der Waals surface area (Å²) < 4.78 is 5.35. The Balaban J connectivity index is 2.06. The molecule has 0 atom stereocenters. The number of amides is 1. The van der Waals surface area contributed by atoms with E-state index < -0.39 is 0 Å². The number of ether oxygens (including phenoxy) is 1. The molecule has 1 saturated heterocycles. The molecule has 2 N–H and O–H groups in total. The number of hydrogen-bond donors (Lipinski definition) is 1. The van der Waals surface area contributed by atoms with Crippen LogP contribution in [0.25, 0.3) is 0 Å². The monoisotopic (exact) mass is 258 g/mol. The van der Waals surface area contributed by atoms with Crippen LogP contribution in [0.15, 0.2) is 24.3 Å². The van der Waals surface area contributed by atoms with Gasteiger partial charge in [-0.15, -0.1) is 0 Å². The molecule has 4 heteroatoms. The molecule has 100 valence electrons. The number of rotatable bonds is 1. The van der Waals surface area contributed by atoms with E-state index in [-0.39, 0.29) is 5.91 Å². The fourth-order valence-electron chi connectivity index (χ4n) is 1.98. The molecule has 1 fully saturated rings. The van der Waals surface area contributed by atoms with Gasteiger partial charge in [0.25, 0.3) is 5.91 Å². The summed E-state index contributed by atoms with van der Waals surface area (Å²) >= 11 is 0. The molecule has 1 aliphatic heterocycles. The van der Waals surface area contributed by atoms with Gasteiger partial charge in [0.05, 0.1) is 13.2 Å². The van der Waals surface area contributed by atoms with Crippen molar-refractivity contribution >= 4 is 5.91 Å². The van der Waals surface area contributed by atoms with Crippen LogP contribution < -0.4 is 5.73 Å². The molecule has 0 radical (unpaired) electrons. The third kappa shape index (κ3) is 3.82. The quantitative estimate of drug-likeness (QED) is 0.760. The van der Waals surface area contributed by atoms with Crippen molar-refractivity contribution in [3.05, 3.63) is 35.4 Å². The van der Waals surface area contributed by atoms with Gasteiger partial charge >= 0.3 is 0 Å². The number of nitrogens with zero attached hydrogens (tertiary/aromatic N) is 1. The lowest BCUT2D eigenvalue weighted by Gasteiger charge is -2.19. The highest BCUT2D eigenvalue weighted by molar-refractivity contribution is 5.94. The summed E-state index contributed by atoms with van der Waals surface area (Å²) in [4.78, 5) is 14.1. The Morgan fingerprint density at radius 2 is 2.05 bits per heavy atom. The molecule has 4 nitrogen and oxygen atoms in total. The first kappa shape index (κ1) is 13.6. The summed E-state index contributed by atoms with van der Waals surface area (Å²) in [6.07, 6.45) is 0.895. The number of carbonyl (C=O) groups excluding carboxylic acids is 1. The van der Waals surface area contributed by atoms with E-state index in [9.17, 15) is 4.79 Å². The van der Waals surface area contributed by atoms with Gasteiger partial charge in [0.15, 0.2) is 0 Å². The molecule has 2 rings (SSSR count). The van der Waals surface area contributed by atoms with Gasteiger partial charge in [-0.1, -0.05) is 11.8 Å². The summed E-state index contributed by atoms with van der Waals surface area (Å²) in [5.74, 6) is 5.79. The van der Waals surface area contributed by atoms with E-state index in [2.05, 4.69) is 11.8 Å². The third-order valence-electron chi connectivity index (χ3n) is 2.98. The number of benzene rings is 1. The lowest BCUT2D eigenvalue weighted by Crippen LogP contribution is -2.33. The highest BCUT2D eigenvalue weighted by Gasteiger charge is 2.16. The Labute approximate surface area is 113 Å². The lowest BCUT2D eigenvalue weighted by atomic mass is 10.1. The van der Waals surface area contributed by atoms with Crippen LogP contribution in [0, 0.1) is 11.8 Å². The molecule has 1 aliphatic rings. The van der Waals surface area contributed by atoms with E-state index in [4.69, 9.17) is 10.5 Å². The van der Waals surface area contributed by atoms with Crippen LogP contribution in [-0.4, -0.2) is 43.7 Å². The van der Waals surface area contributed by atoms with Crippen molar-refractivity contribution in [1.29, 1.82) is 0 Å². The third-order valence-corrected chi connectivity index (χ3v) is 2.98. The average Bonchev–Trinajstić information content (AvgIpc) is 2.74. The summed E-state index contributed by atoms with van der Waals surface area (Å²) in [6.45, 7) is 3.11. The van der Waals surface area contributed by atoms with Crippen LogP contribution >= 0.6 is 0 Å². The van der Waals surface area contributed by atoms with Gasteiger partial charge in [-0.2, -0.15) is 0 Å². The zero-order chi connectivity index (χ0) is 13.5. The minimum atomic E-state index is 0.0591. The summed E-state index contributed by atoms with van der Waals surface area (Å²) in [6, 6.07) is 7.33. The Hall–Kier alpha value is -1.83. The SMILES string of the molecule is NCC#Cc1ccc(C(=O)N2CCCOCC2)cc1. The Kier molecular flexibility index (Phi) is 4.96. The summed E-state index contributed by atoms with van der Waals surface area (Å²) in [5.41, 5.74) is 6.89. The zero-order valence-electron chi connectivity index (χ0n) is 10.9. The lowest BCUT2D eigenvalue weighted by molar-refractivity contribution is 0.0741. The van der Waals surface area contributed by atoms with Crippen LogP contribution in [0.1, 0.15) is 22.3 Å². The number of nitrogens with two attached hydrogens (primary N) is 1.